The molecule has 0 amide bonds. The van der Waals surface area contributed by atoms with E-state index in [9.17, 15) is 4.39 Å². The molecule has 0 atom stereocenters. The van der Waals surface area contributed by atoms with Crippen LogP contribution in [-0.2, 0) is 0 Å². The summed E-state index contributed by atoms with van der Waals surface area (Å²) in [6.07, 6.45) is 0. The lowest BCUT2D eigenvalue weighted by Crippen LogP contribution is -2.00. The molecule has 0 bridgehead atoms. The van der Waals surface area contributed by atoms with Crippen LogP contribution in [0.2, 0.25) is 15.1 Å². The van der Waals surface area contributed by atoms with E-state index in [0.717, 1.165) is 0 Å². The Bertz CT molecular complexity index is 809. The zero-order valence-corrected chi connectivity index (χ0v) is 12.1. The Morgan fingerprint density at radius 2 is 1.65 bits per heavy atom. The number of anilines is 1. The van der Waals surface area contributed by atoms with E-state index in [-0.39, 0.29) is 11.0 Å². The van der Waals surface area contributed by atoms with Crippen molar-refractivity contribution < 1.29 is 4.39 Å². The minimum absolute atomic E-state index is 0.00762. The molecule has 2 N–H and O–H groups in total. The van der Waals surface area contributed by atoms with Crippen molar-refractivity contribution in [3.05, 3.63) is 51.2 Å². The molecule has 102 valence electrons. The second-order valence-corrected chi connectivity index (χ2v) is 5.47. The molecular weight excluding hydrogens is 324 g/mol. The molecule has 3 aromatic rings. The summed E-state index contributed by atoms with van der Waals surface area (Å²) in [6, 6.07) is 7.67. The van der Waals surface area contributed by atoms with Crippen LogP contribution in [0.3, 0.4) is 0 Å². The summed E-state index contributed by atoms with van der Waals surface area (Å²) in [6.45, 7) is 0. The first-order chi connectivity index (χ1) is 9.45. The first-order valence-electron chi connectivity index (χ1n) is 5.55. The highest BCUT2D eigenvalue weighted by Crippen LogP contribution is 2.30. The second kappa shape index (κ2) is 4.81. The molecule has 0 fully saturated rings. The van der Waals surface area contributed by atoms with Gasteiger partial charge in [0.15, 0.2) is 0 Å². The molecule has 2 aromatic carbocycles. The smallest absolute Gasteiger partial charge is 0.205 e. The summed E-state index contributed by atoms with van der Waals surface area (Å²) >= 11 is 17.8. The zero-order chi connectivity index (χ0) is 14.4. The SMILES string of the molecule is Nc1nc2cc(F)c(Cl)cc2n1-c1cc(Cl)cc(Cl)c1. The van der Waals surface area contributed by atoms with Crippen LogP contribution in [0, 0.1) is 5.82 Å². The Balaban J connectivity index is 2.35. The second-order valence-electron chi connectivity index (χ2n) is 4.19. The molecule has 0 unspecified atom stereocenters. The first-order valence-corrected chi connectivity index (χ1v) is 6.68. The number of fused-ring (bicyclic) bond motifs is 1. The largest absolute Gasteiger partial charge is 0.369 e. The van der Waals surface area contributed by atoms with Crippen LogP contribution in [0.1, 0.15) is 0 Å². The summed E-state index contributed by atoms with van der Waals surface area (Å²) in [5, 5.41) is 0.913. The number of aromatic nitrogens is 2. The Morgan fingerprint density at radius 3 is 2.30 bits per heavy atom. The van der Waals surface area contributed by atoms with Gasteiger partial charge < -0.3 is 5.73 Å². The molecule has 0 aliphatic rings. The molecule has 0 radical (unpaired) electrons. The molecule has 3 nitrogen and oxygen atoms in total. The maximum Gasteiger partial charge on any atom is 0.205 e. The van der Waals surface area contributed by atoms with Crippen molar-refractivity contribution in [2.24, 2.45) is 0 Å². The molecule has 0 saturated heterocycles. The number of benzene rings is 2. The maximum atomic E-state index is 13.5. The Morgan fingerprint density at radius 1 is 1.00 bits per heavy atom. The van der Waals surface area contributed by atoms with Crippen LogP contribution in [0.5, 0.6) is 0 Å². The van der Waals surface area contributed by atoms with Crippen LogP contribution >= 0.6 is 34.8 Å². The van der Waals surface area contributed by atoms with Crippen molar-refractivity contribution in [3.8, 4) is 5.69 Å². The minimum Gasteiger partial charge on any atom is -0.369 e. The highest BCUT2D eigenvalue weighted by Gasteiger charge is 2.14. The normalized spacial score (nSPS) is 11.2. The highest BCUT2D eigenvalue weighted by atomic mass is 35.5. The van der Waals surface area contributed by atoms with Gasteiger partial charge in [-0.25, -0.2) is 9.37 Å². The van der Waals surface area contributed by atoms with E-state index in [4.69, 9.17) is 40.5 Å². The van der Waals surface area contributed by atoms with Crippen molar-refractivity contribution in [1.82, 2.24) is 9.55 Å². The first kappa shape index (κ1) is 13.5. The molecule has 0 saturated carbocycles. The van der Waals surface area contributed by atoms with Gasteiger partial charge in [-0.15, -0.1) is 0 Å². The standard InChI is InChI=1S/C13H7Cl3FN3/c14-6-1-7(15)3-8(2-6)20-12-4-9(16)10(17)5-11(12)19-13(20)18/h1-5H,(H2,18,19). The van der Waals surface area contributed by atoms with Gasteiger partial charge in [0.25, 0.3) is 0 Å². The summed E-state index contributed by atoms with van der Waals surface area (Å²) in [7, 11) is 0. The van der Waals surface area contributed by atoms with Gasteiger partial charge in [0.1, 0.15) is 5.82 Å². The minimum atomic E-state index is -0.548. The maximum absolute atomic E-state index is 13.5. The van der Waals surface area contributed by atoms with Crippen LogP contribution < -0.4 is 5.73 Å². The molecule has 7 heteroatoms. The third-order valence-electron chi connectivity index (χ3n) is 2.83. The number of imidazole rings is 1. The van der Waals surface area contributed by atoms with Crippen molar-refractivity contribution in [1.29, 1.82) is 0 Å². The van der Waals surface area contributed by atoms with Gasteiger partial charge in [0.2, 0.25) is 5.95 Å². The quantitative estimate of drug-likeness (QED) is 0.702. The lowest BCUT2D eigenvalue weighted by Gasteiger charge is -2.08. The van der Waals surface area contributed by atoms with Crippen molar-refractivity contribution in [2.75, 3.05) is 5.73 Å². The van der Waals surface area contributed by atoms with Gasteiger partial charge in [-0.2, -0.15) is 0 Å². The van der Waals surface area contributed by atoms with Gasteiger partial charge in [-0.3, -0.25) is 4.57 Å². The summed E-state index contributed by atoms with van der Waals surface area (Å²) in [4.78, 5) is 4.11. The third-order valence-corrected chi connectivity index (χ3v) is 3.55. The number of nitrogens with zero attached hydrogens (tertiary/aromatic N) is 2. The van der Waals surface area contributed by atoms with Crippen LogP contribution in [0.15, 0.2) is 30.3 Å². The number of nitrogens with two attached hydrogens (primary N) is 1. The van der Waals surface area contributed by atoms with Gasteiger partial charge >= 0.3 is 0 Å². The van der Waals surface area contributed by atoms with E-state index < -0.39 is 5.82 Å². The average Bonchev–Trinajstić information content (AvgIpc) is 2.64. The fourth-order valence-corrected chi connectivity index (χ4v) is 2.70. The van der Waals surface area contributed by atoms with Gasteiger partial charge in [0, 0.05) is 16.1 Å². The van der Waals surface area contributed by atoms with Gasteiger partial charge in [0.05, 0.1) is 21.7 Å². The molecule has 0 aliphatic carbocycles. The van der Waals surface area contributed by atoms with Crippen molar-refractivity contribution in [2.45, 2.75) is 0 Å². The Labute approximate surface area is 128 Å². The van der Waals surface area contributed by atoms with Crippen LogP contribution in [-0.4, -0.2) is 9.55 Å². The molecule has 1 aromatic heterocycles. The van der Waals surface area contributed by atoms with E-state index in [0.29, 0.717) is 26.8 Å². The fraction of sp³-hybridized carbons (Fsp3) is 0. The summed E-state index contributed by atoms with van der Waals surface area (Å²) < 4.78 is 15.1. The van der Waals surface area contributed by atoms with Crippen molar-refractivity contribution >= 4 is 51.8 Å². The van der Waals surface area contributed by atoms with Crippen molar-refractivity contribution in [3.63, 3.8) is 0 Å². The molecular formula is C13H7Cl3FN3. The number of hydrogen-bond acceptors (Lipinski definition) is 2. The summed E-state index contributed by atoms with van der Waals surface area (Å²) in [5.41, 5.74) is 7.49. The molecule has 0 spiro atoms. The topological polar surface area (TPSA) is 43.8 Å². The number of nitrogen functional groups attached to an aromatic ring is 1. The number of rotatable bonds is 1. The monoisotopic (exact) mass is 329 g/mol. The van der Waals surface area contributed by atoms with Crippen LogP contribution in [0.25, 0.3) is 16.7 Å². The third kappa shape index (κ3) is 2.20. The lowest BCUT2D eigenvalue weighted by atomic mass is 10.2. The predicted molar refractivity (Wildman–Crippen MR) is 80.5 cm³/mol. The lowest BCUT2D eigenvalue weighted by molar-refractivity contribution is 0.630. The summed E-state index contributed by atoms with van der Waals surface area (Å²) in [5.74, 6) is -0.354. The van der Waals surface area contributed by atoms with E-state index in [1.807, 2.05) is 0 Å². The van der Waals surface area contributed by atoms with E-state index in [1.54, 1.807) is 22.8 Å². The van der Waals surface area contributed by atoms with Crippen LogP contribution in [0.4, 0.5) is 10.3 Å². The zero-order valence-electron chi connectivity index (χ0n) is 9.87. The Hall–Kier alpha value is -1.49. The fourth-order valence-electron chi connectivity index (χ4n) is 2.03. The van der Waals surface area contributed by atoms with E-state index >= 15 is 0 Å². The highest BCUT2D eigenvalue weighted by molar-refractivity contribution is 6.35. The van der Waals surface area contributed by atoms with E-state index in [1.165, 1.54) is 12.1 Å². The Kier molecular flexibility index (Phi) is 3.24. The molecule has 20 heavy (non-hydrogen) atoms. The molecule has 1 heterocycles. The number of hydrogen-bond donors (Lipinski definition) is 1. The van der Waals surface area contributed by atoms with Gasteiger partial charge in [-0.1, -0.05) is 34.8 Å². The molecule has 3 rings (SSSR count). The molecule has 0 aliphatic heterocycles. The predicted octanol–water partition coefficient (Wildman–Crippen LogP) is 4.71. The number of halogens is 4. The van der Waals surface area contributed by atoms with E-state index in [2.05, 4.69) is 4.98 Å². The van der Waals surface area contributed by atoms with Gasteiger partial charge in [-0.05, 0) is 24.3 Å². The average molecular weight is 331 g/mol.